The van der Waals surface area contributed by atoms with Gasteiger partial charge in [-0.25, -0.2) is 9.78 Å². The summed E-state index contributed by atoms with van der Waals surface area (Å²) in [6.45, 7) is 3.09. The molecule has 3 heterocycles. The Hall–Kier alpha value is -2.88. The van der Waals surface area contributed by atoms with Crippen LogP contribution in [0.5, 0.6) is 0 Å². The first-order valence-electron chi connectivity index (χ1n) is 10.8. The number of thiophene rings is 1. The van der Waals surface area contributed by atoms with Crippen LogP contribution in [0.15, 0.2) is 53.4 Å². The number of anilines is 1. The van der Waals surface area contributed by atoms with Crippen LogP contribution >= 0.6 is 34.4 Å². The minimum Gasteiger partial charge on any atom is -0.453 e. The Morgan fingerprint density at radius 3 is 2.71 bits per heavy atom. The molecule has 6 nitrogen and oxygen atoms in total. The Morgan fingerprint density at radius 1 is 1.15 bits per heavy atom. The maximum atomic E-state index is 12.9. The number of amides is 2. The molecule has 0 saturated carbocycles. The van der Waals surface area contributed by atoms with Crippen molar-refractivity contribution in [1.29, 1.82) is 0 Å². The van der Waals surface area contributed by atoms with Crippen molar-refractivity contribution in [1.82, 2.24) is 9.88 Å². The predicted molar refractivity (Wildman–Crippen MR) is 140 cm³/mol. The highest BCUT2D eigenvalue weighted by Gasteiger charge is 2.29. The second kappa shape index (κ2) is 9.77. The van der Waals surface area contributed by atoms with E-state index in [0.717, 1.165) is 41.1 Å². The zero-order valence-electron chi connectivity index (χ0n) is 18.8. The lowest BCUT2D eigenvalue weighted by Gasteiger charge is -2.25. The van der Waals surface area contributed by atoms with Gasteiger partial charge < -0.3 is 15.0 Å². The highest BCUT2D eigenvalue weighted by atomic mass is 32.2. The fourth-order valence-electron chi connectivity index (χ4n) is 3.93. The fourth-order valence-corrected chi connectivity index (χ4v) is 7.02. The van der Waals surface area contributed by atoms with E-state index in [1.165, 1.54) is 35.8 Å². The number of fused-ring (bicyclic) bond motifs is 2. The Balaban J connectivity index is 1.44. The molecule has 0 spiro atoms. The molecule has 0 bridgehead atoms. The van der Waals surface area contributed by atoms with E-state index in [9.17, 15) is 9.59 Å². The zero-order chi connectivity index (χ0) is 23.7. The molecular formula is C25H23N3O3S3. The van der Waals surface area contributed by atoms with E-state index < -0.39 is 0 Å². The van der Waals surface area contributed by atoms with Crippen LogP contribution in [0.1, 0.15) is 16.0 Å². The van der Waals surface area contributed by atoms with Crippen LogP contribution in [-0.4, -0.2) is 41.3 Å². The van der Waals surface area contributed by atoms with Crippen LogP contribution in [-0.2, 0) is 22.5 Å². The Bertz CT molecular complexity index is 1330. The van der Waals surface area contributed by atoms with Crippen molar-refractivity contribution in [2.24, 2.45) is 0 Å². The number of thioether (sulfide) groups is 1. The maximum absolute atomic E-state index is 12.9. The van der Waals surface area contributed by atoms with E-state index in [-0.39, 0.29) is 12.0 Å². The number of hydrogen-bond donors (Lipinski definition) is 1. The van der Waals surface area contributed by atoms with Gasteiger partial charge in [0.25, 0.3) is 0 Å². The minimum absolute atomic E-state index is 0.0589. The minimum atomic E-state index is -0.333. The SMILES string of the molecule is COC(=O)N1CCc2c(sc(NC(=O)CSc3ccc(C)cc3)c2-c2nc3ccccc3s2)C1. The summed E-state index contributed by atoms with van der Waals surface area (Å²) in [5, 5.41) is 4.83. The molecule has 5 rings (SSSR count). The lowest BCUT2D eigenvalue weighted by atomic mass is 10.0. The summed E-state index contributed by atoms with van der Waals surface area (Å²) >= 11 is 4.67. The molecule has 1 aliphatic rings. The number of hydrogen-bond acceptors (Lipinski definition) is 7. The van der Waals surface area contributed by atoms with Gasteiger partial charge in [-0.3, -0.25) is 4.79 Å². The number of thiazole rings is 1. The normalized spacial score (nSPS) is 13.1. The standard InChI is InChI=1S/C25H23N3O3S3/c1-15-7-9-16(10-8-15)32-14-21(29)27-24-22(23-26-18-5-3-4-6-19(18)33-23)17-11-12-28(25(30)31-2)13-20(17)34-24/h3-10H,11-14H2,1-2H3,(H,27,29). The number of aryl methyl sites for hydroxylation is 1. The van der Waals surface area contributed by atoms with Gasteiger partial charge in [0.15, 0.2) is 0 Å². The molecular weight excluding hydrogens is 486 g/mol. The van der Waals surface area contributed by atoms with Gasteiger partial charge in [0.2, 0.25) is 5.91 Å². The van der Waals surface area contributed by atoms with Gasteiger partial charge in [0.1, 0.15) is 10.0 Å². The van der Waals surface area contributed by atoms with Crippen LogP contribution in [0.2, 0.25) is 0 Å². The van der Waals surface area contributed by atoms with E-state index in [1.54, 1.807) is 16.2 Å². The molecule has 4 aromatic rings. The molecule has 1 N–H and O–H groups in total. The first-order valence-corrected chi connectivity index (χ1v) is 13.5. The first kappa shape index (κ1) is 22.9. The number of nitrogens with zero attached hydrogens (tertiary/aromatic N) is 2. The monoisotopic (exact) mass is 509 g/mol. The predicted octanol–water partition coefficient (Wildman–Crippen LogP) is 6.19. The van der Waals surface area contributed by atoms with Gasteiger partial charge in [0, 0.05) is 21.9 Å². The van der Waals surface area contributed by atoms with Crippen molar-refractivity contribution in [2.75, 3.05) is 24.7 Å². The topological polar surface area (TPSA) is 71.5 Å². The molecule has 2 aromatic heterocycles. The molecule has 2 aromatic carbocycles. The van der Waals surface area contributed by atoms with Crippen LogP contribution in [0.3, 0.4) is 0 Å². The molecule has 174 valence electrons. The largest absolute Gasteiger partial charge is 0.453 e. The number of para-hydroxylation sites is 1. The van der Waals surface area contributed by atoms with Crippen molar-refractivity contribution in [2.45, 2.75) is 24.8 Å². The Morgan fingerprint density at radius 2 is 1.94 bits per heavy atom. The lowest BCUT2D eigenvalue weighted by molar-refractivity contribution is -0.113. The van der Waals surface area contributed by atoms with Crippen LogP contribution < -0.4 is 5.32 Å². The summed E-state index contributed by atoms with van der Waals surface area (Å²) in [7, 11) is 1.40. The molecule has 0 fully saturated rings. The summed E-state index contributed by atoms with van der Waals surface area (Å²) in [5.74, 6) is 0.260. The van der Waals surface area contributed by atoms with Crippen molar-refractivity contribution < 1.29 is 14.3 Å². The second-order valence-corrected chi connectivity index (χ2v) is 11.2. The average Bonchev–Trinajstić information content (AvgIpc) is 3.43. The van der Waals surface area contributed by atoms with Gasteiger partial charge in [0.05, 0.1) is 29.6 Å². The molecule has 34 heavy (non-hydrogen) atoms. The van der Waals surface area contributed by atoms with Gasteiger partial charge in [-0.1, -0.05) is 29.8 Å². The van der Waals surface area contributed by atoms with E-state index >= 15 is 0 Å². The van der Waals surface area contributed by atoms with Gasteiger partial charge >= 0.3 is 6.09 Å². The number of carbonyl (C=O) groups excluding carboxylic acids is 2. The van der Waals surface area contributed by atoms with Gasteiger partial charge in [-0.05, 0) is 43.2 Å². The number of carbonyl (C=O) groups is 2. The van der Waals surface area contributed by atoms with E-state index in [1.807, 2.05) is 49.4 Å². The van der Waals surface area contributed by atoms with Crippen molar-refractivity contribution >= 4 is 61.7 Å². The fraction of sp³-hybridized carbons (Fsp3) is 0.240. The van der Waals surface area contributed by atoms with E-state index in [4.69, 9.17) is 9.72 Å². The number of rotatable bonds is 5. The van der Waals surface area contributed by atoms with Crippen LogP contribution in [0, 0.1) is 6.92 Å². The molecule has 2 amide bonds. The molecule has 0 radical (unpaired) electrons. The third kappa shape index (κ3) is 4.68. The number of ether oxygens (including phenoxy) is 1. The highest BCUT2D eigenvalue weighted by Crippen LogP contribution is 2.45. The van der Waals surface area contributed by atoms with Crippen molar-refractivity contribution in [3.63, 3.8) is 0 Å². The Kier molecular flexibility index (Phi) is 6.58. The third-order valence-electron chi connectivity index (χ3n) is 5.64. The summed E-state index contributed by atoms with van der Waals surface area (Å²) in [6.07, 6.45) is 0.362. The van der Waals surface area contributed by atoms with E-state index in [0.29, 0.717) is 25.3 Å². The Labute approximate surface area is 210 Å². The van der Waals surface area contributed by atoms with Gasteiger partial charge in [-0.2, -0.15) is 0 Å². The first-order chi connectivity index (χ1) is 16.5. The number of benzene rings is 2. The molecule has 1 aliphatic heterocycles. The van der Waals surface area contributed by atoms with Crippen LogP contribution in [0.25, 0.3) is 20.8 Å². The van der Waals surface area contributed by atoms with Crippen molar-refractivity contribution in [3.8, 4) is 10.6 Å². The summed E-state index contributed by atoms with van der Waals surface area (Å²) in [6, 6.07) is 16.2. The molecule has 0 aliphatic carbocycles. The smallest absolute Gasteiger partial charge is 0.409 e. The number of nitrogens with one attached hydrogen (secondary N) is 1. The average molecular weight is 510 g/mol. The summed E-state index contributed by atoms with van der Waals surface area (Å²) in [4.78, 5) is 33.7. The number of methoxy groups -OCH3 is 1. The second-order valence-electron chi connectivity index (χ2n) is 7.99. The summed E-state index contributed by atoms with van der Waals surface area (Å²) < 4.78 is 6.03. The summed E-state index contributed by atoms with van der Waals surface area (Å²) in [5.41, 5.74) is 4.28. The van der Waals surface area contributed by atoms with Crippen LogP contribution in [0.4, 0.5) is 9.80 Å². The van der Waals surface area contributed by atoms with E-state index in [2.05, 4.69) is 11.4 Å². The van der Waals surface area contributed by atoms with Crippen molar-refractivity contribution in [3.05, 3.63) is 64.5 Å². The zero-order valence-corrected chi connectivity index (χ0v) is 21.2. The molecule has 0 saturated heterocycles. The molecule has 9 heteroatoms. The van der Waals surface area contributed by atoms with Gasteiger partial charge in [-0.15, -0.1) is 34.4 Å². The molecule has 0 unspecified atom stereocenters. The number of aromatic nitrogens is 1. The quantitative estimate of drug-likeness (QED) is 0.325. The maximum Gasteiger partial charge on any atom is 0.409 e. The molecule has 0 atom stereocenters. The lowest BCUT2D eigenvalue weighted by Crippen LogP contribution is -2.35. The highest BCUT2D eigenvalue weighted by molar-refractivity contribution is 8.00. The third-order valence-corrected chi connectivity index (χ3v) is 8.84.